The zero-order valence-electron chi connectivity index (χ0n) is 17.1. The van der Waals surface area contributed by atoms with Gasteiger partial charge >= 0.3 is 0 Å². The number of rotatable bonds is 8. The highest BCUT2D eigenvalue weighted by molar-refractivity contribution is 7.99. The molecule has 1 aliphatic rings. The van der Waals surface area contributed by atoms with Crippen molar-refractivity contribution in [1.29, 1.82) is 0 Å². The molecule has 2 aromatic carbocycles. The highest BCUT2D eigenvalue weighted by Crippen LogP contribution is 2.35. The number of nitrogens with zero attached hydrogens (tertiary/aromatic N) is 4. The SMILES string of the molecule is COc1cccc(C(C)Sc2nnc(CN3CCCC3)n2Cc2ccccc2)c1. The summed E-state index contributed by atoms with van der Waals surface area (Å²) in [4.78, 5) is 2.48. The van der Waals surface area contributed by atoms with Gasteiger partial charge in [0.05, 0.1) is 20.2 Å². The van der Waals surface area contributed by atoms with Gasteiger partial charge in [0.15, 0.2) is 5.16 Å². The number of hydrogen-bond donors (Lipinski definition) is 0. The molecular formula is C23H28N4OS. The van der Waals surface area contributed by atoms with Crippen molar-refractivity contribution in [2.24, 2.45) is 0 Å². The van der Waals surface area contributed by atoms with Crippen molar-refractivity contribution in [1.82, 2.24) is 19.7 Å². The van der Waals surface area contributed by atoms with Gasteiger partial charge in [-0.1, -0.05) is 54.2 Å². The normalized spacial score (nSPS) is 15.5. The zero-order valence-corrected chi connectivity index (χ0v) is 17.9. The van der Waals surface area contributed by atoms with E-state index in [1.807, 2.05) is 12.1 Å². The van der Waals surface area contributed by atoms with Crippen LogP contribution in [0.15, 0.2) is 59.8 Å². The van der Waals surface area contributed by atoms with Gasteiger partial charge in [-0.2, -0.15) is 0 Å². The van der Waals surface area contributed by atoms with Crippen LogP contribution in [-0.4, -0.2) is 39.9 Å². The molecule has 152 valence electrons. The molecule has 4 rings (SSSR count). The third kappa shape index (κ3) is 5.00. The first kappa shape index (κ1) is 20.0. The maximum atomic E-state index is 5.39. The summed E-state index contributed by atoms with van der Waals surface area (Å²) < 4.78 is 7.68. The van der Waals surface area contributed by atoms with Crippen molar-refractivity contribution in [3.05, 3.63) is 71.5 Å². The maximum absolute atomic E-state index is 5.39. The molecule has 0 spiro atoms. The van der Waals surface area contributed by atoms with Crippen LogP contribution in [0, 0.1) is 0 Å². The number of methoxy groups -OCH3 is 1. The molecule has 5 nitrogen and oxygen atoms in total. The molecule has 0 aliphatic carbocycles. The molecule has 1 fully saturated rings. The van der Waals surface area contributed by atoms with Crippen LogP contribution in [-0.2, 0) is 13.1 Å². The van der Waals surface area contributed by atoms with E-state index >= 15 is 0 Å². The van der Waals surface area contributed by atoms with Crippen molar-refractivity contribution in [3.8, 4) is 5.75 Å². The molecule has 1 aliphatic heterocycles. The number of benzene rings is 2. The van der Waals surface area contributed by atoms with E-state index in [0.717, 1.165) is 42.9 Å². The summed E-state index contributed by atoms with van der Waals surface area (Å²) in [7, 11) is 1.71. The van der Waals surface area contributed by atoms with E-state index in [9.17, 15) is 0 Å². The fourth-order valence-corrected chi connectivity index (χ4v) is 4.69. The van der Waals surface area contributed by atoms with Gasteiger partial charge in [0.25, 0.3) is 0 Å². The Kier molecular flexibility index (Phi) is 6.52. The zero-order chi connectivity index (χ0) is 20.1. The molecule has 2 heterocycles. The Balaban J connectivity index is 1.58. The average molecular weight is 409 g/mol. The van der Waals surface area contributed by atoms with Crippen LogP contribution in [0.25, 0.3) is 0 Å². The topological polar surface area (TPSA) is 43.2 Å². The van der Waals surface area contributed by atoms with Crippen LogP contribution >= 0.6 is 11.8 Å². The minimum absolute atomic E-state index is 0.253. The van der Waals surface area contributed by atoms with Crippen LogP contribution in [0.3, 0.4) is 0 Å². The molecule has 0 amide bonds. The Morgan fingerprint density at radius 1 is 1.00 bits per heavy atom. The Morgan fingerprint density at radius 2 is 1.79 bits per heavy atom. The van der Waals surface area contributed by atoms with Gasteiger partial charge in [-0.15, -0.1) is 10.2 Å². The Labute approximate surface area is 177 Å². The minimum atomic E-state index is 0.253. The molecule has 29 heavy (non-hydrogen) atoms. The summed E-state index contributed by atoms with van der Waals surface area (Å²) in [5.74, 6) is 1.94. The van der Waals surface area contributed by atoms with Crippen LogP contribution in [0.4, 0.5) is 0 Å². The molecule has 6 heteroatoms. The highest BCUT2D eigenvalue weighted by Gasteiger charge is 2.20. The summed E-state index contributed by atoms with van der Waals surface area (Å²) in [6.07, 6.45) is 2.56. The summed E-state index contributed by atoms with van der Waals surface area (Å²) in [6, 6.07) is 18.8. The van der Waals surface area contributed by atoms with Crippen molar-refractivity contribution in [2.75, 3.05) is 20.2 Å². The van der Waals surface area contributed by atoms with E-state index in [2.05, 4.69) is 69.1 Å². The molecule has 0 radical (unpaired) electrons. The second kappa shape index (κ2) is 9.46. The maximum Gasteiger partial charge on any atom is 0.192 e. The molecule has 0 bridgehead atoms. The fourth-order valence-electron chi connectivity index (χ4n) is 3.71. The first-order chi connectivity index (χ1) is 14.2. The van der Waals surface area contributed by atoms with Crippen LogP contribution in [0.5, 0.6) is 5.75 Å². The quantitative estimate of drug-likeness (QED) is 0.502. The third-order valence-corrected chi connectivity index (χ3v) is 6.52. The van der Waals surface area contributed by atoms with E-state index in [4.69, 9.17) is 4.74 Å². The minimum Gasteiger partial charge on any atom is -0.497 e. The lowest BCUT2D eigenvalue weighted by molar-refractivity contribution is 0.316. The number of likely N-dealkylation sites (tertiary alicyclic amines) is 1. The van der Waals surface area contributed by atoms with Gasteiger partial charge in [-0.25, -0.2) is 0 Å². The second-order valence-electron chi connectivity index (χ2n) is 7.49. The van der Waals surface area contributed by atoms with Crippen molar-refractivity contribution >= 4 is 11.8 Å². The monoisotopic (exact) mass is 408 g/mol. The van der Waals surface area contributed by atoms with Gasteiger partial charge in [0.1, 0.15) is 11.6 Å². The van der Waals surface area contributed by atoms with Crippen molar-refractivity contribution < 1.29 is 4.74 Å². The molecule has 1 atom stereocenters. The van der Waals surface area contributed by atoms with E-state index in [0.29, 0.717) is 0 Å². The number of aromatic nitrogens is 3. The largest absolute Gasteiger partial charge is 0.497 e. The Bertz CT molecular complexity index is 922. The summed E-state index contributed by atoms with van der Waals surface area (Å²) in [5.41, 5.74) is 2.50. The summed E-state index contributed by atoms with van der Waals surface area (Å²) in [6.45, 7) is 6.18. The van der Waals surface area contributed by atoms with Crippen molar-refractivity contribution in [3.63, 3.8) is 0 Å². The third-order valence-electron chi connectivity index (χ3n) is 5.39. The second-order valence-corrected chi connectivity index (χ2v) is 8.80. The lowest BCUT2D eigenvalue weighted by Crippen LogP contribution is -2.21. The molecule has 0 saturated carbocycles. The van der Waals surface area contributed by atoms with E-state index in [-0.39, 0.29) is 5.25 Å². The Morgan fingerprint density at radius 3 is 2.55 bits per heavy atom. The highest BCUT2D eigenvalue weighted by atomic mass is 32.2. The molecule has 1 unspecified atom stereocenters. The Hall–Kier alpha value is -2.31. The predicted octanol–water partition coefficient (Wildman–Crippen LogP) is 4.78. The molecule has 1 saturated heterocycles. The van der Waals surface area contributed by atoms with Gasteiger partial charge in [-0.3, -0.25) is 4.90 Å². The van der Waals surface area contributed by atoms with Gasteiger partial charge < -0.3 is 9.30 Å². The van der Waals surface area contributed by atoms with Crippen molar-refractivity contribution in [2.45, 2.75) is 43.3 Å². The fraction of sp³-hybridized carbons (Fsp3) is 0.391. The van der Waals surface area contributed by atoms with E-state index < -0.39 is 0 Å². The predicted molar refractivity (Wildman–Crippen MR) is 117 cm³/mol. The summed E-state index contributed by atoms with van der Waals surface area (Å²) >= 11 is 1.76. The summed E-state index contributed by atoms with van der Waals surface area (Å²) in [5, 5.41) is 10.4. The van der Waals surface area contributed by atoms with Gasteiger partial charge in [0, 0.05) is 5.25 Å². The standard InChI is InChI=1S/C23H28N4OS/c1-18(20-11-8-12-21(15-20)28-2)29-23-25-24-22(17-26-13-6-7-14-26)27(23)16-19-9-4-3-5-10-19/h3-5,8-12,15,18H,6-7,13-14,16-17H2,1-2H3. The molecule has 3 aromatic rings. The van der Waals surface area contributed by atoms with E-state index in [1.165, 1.54) is 24.0 Å². The van der Waals surface area contributed by atoms with Crippen LogP contribution in [0.2, 0.25) is 0 Å². The number of ether oxygens (including phenoxy) is 1. The van der Waals surface area contributed by atoms with E-state index in [1.54, 1.807) is 18.9 Å². The number of hydrogen-bond acceptors (Lipinski definition) is 5. The van der Waals surface area contributed by atoms with Gasteiger partial charge in [0.2, 0.25) is 0 Å². The first-order valence-corrected chi connectivity index (χ1v) is 11.1. The van der Waals surface area contributed by atoms with Crippen LogP contribution in [0.1, 0.15) is 42.0 Å². The molecule has 0 N–H and O–H groups in total. The average Bonchev–Trinajstić information content (AvgIpc) is 3.40. The molecule has 1 aromatic heterocycles. The van der Waals surface area contributed by atoms with Gasteiger partial charge in [-0.05, 0) is 56.1 Å². The first-order valence-electron chi connectivity index (χ1n) is 10.2. The lowest BCUT2D eigenvalue weighted by atomic mass is 10.1. The smallest absolute Gasteiger partial charge is 0.192 e. The number of thioether (sulfide) groups is 1. The molecular weight excluding hydrogens is 380 g/mol. The van der Waals surface area contributed by atoms with Crippen LogP contribution < -0.4 is 4.74 Å². The lowest BCUT2D eigenvalue weighted by Gasteiger charge is -2.17.